The first-order valence-corrected chi connectivity index (χ1v) is 10.1. The third kappa shape index (κ3) is 3.45. The van der Waals surface area contributed by atoms with Gasteiger partial charge < -0.3 is 10.3 Å². The predicted molar refractivity (Wildman–Crippen MR) is 95.3 cm³/mol. The van der Waals surface area contributed by atoms with Gasteiger partial charge in [0.15, 0.2) is 9.84 Å². The molecule has 0 bridgehead atoms. The second-order valence-corrected chi connectivity index (χ2v) is 8.63. The van der Waals surface area contributed by atoms with Crippen LogP contribution in [0.2, 0.25) is 0 Å². The molecule has 0 unspecified atom stereocenters. The molecule has 0 fully saturated rings. The minimum atomic E-state index is -3.42. The highest BCUT2D eigenvalue weighted by Gasteiger charge is 2.21. The Bertz CT molecular complexity index is 1120. The maximum absolute atomic E-state index is 14.0. The number of halogens is 2. The van der Waals surface area contributed by atoms with Crippen molar-refractivity contribution in [2.45, 2.75) is 14.7 Å². The van der Waals surface area contributed by atoms with Gasteiger partial charge in [-0.05, 0) is 24.3 Å². The van der Waals surface area contributed by atoms with Crippen LogP contribution in [0.25, 0.3) is 10.9 Å². The summed E-state index contributed by atoms with van der Waals surface area (Å²) in [5.41, 5.74) is 0.596. The molecule has 0 atom stereocenters. The van der Waals surface area contributed by atoms with Gasteiger partial charge in [0.25, 0.3) is 5.91 Å². The molecule has 1 amide bonds. The Morgan fingerprint density at radius 1 is 1.15 bits per heavy atom. The molecule has 3 rings (SSSR count). The summed E-state index contributed by atoms with van der Waals surface area (Å²) in [5.74, 6) is -1.89. The van der Waals surface area contributed by atoms with E-state index in [2.05, 4.69) is 10.3 Å². The molecule has 0 spiro atoms. The van der Waals surface area contributed by atoms with E-state index in [1.807, 2.05) is 0 Å². The Kier molecular flexibility index (Phi) is 4.76. The quantitative estimate of drug-likeness (QED) is 0.709. The Balaban J connectivity index is 2.19. The summed E-state index contributed by atoms with van der Waals surface area (Å²) in [6, 6.07) is 7.57. The molecule has 9 heteroatoms. The van der Waals surface area contributed by atoms with E-state index in [9.17, 15) is 22.0 Å². The zero-order valence-corrected chi connectivity index (χ0v) is 15.4. The lowest BCUT2D eigenvalue weighted by Crippen LogP contribution is -2.18. The molecular formula is C17H14F2N2O3S2. The van der Waals surface area contributed by atoms with Crippen molar-refractivity contribution in [1.82, 2.24) is 10.3 Å². The average molecular weight is 396 g/mol. The number of amides is 1. The molecule has 2 N–H and O–H groups in total. The highest BCUT2D eigenvalue weighted by molar-refractivity contribution is 7.99. The normalized spacial score (nSPS) is 11.7. The van der Waals surface area contributed by atoms with Crippen molar-refractivity contribution < 1.29 is 22.0 Å². The van der Waals surface area contributed by atoms with Crippen LogP contribution in [0.5, 0.6) is 0 Å². The maximum Gasteiger partial charge on any atom is 0.268 e. The molecule has 5 nitrogen and oxygen atoms in total. The molecule has 2 aromatic carbocycles. The lowest BCUT2D eigenvalue weighted by atomic mass is 10.2. The smallest absolute Gasteiger partial charge is 0.268 e. The molecule has 1 heterocycles. The van der Waals surface area contributed by atoms with Crippen LogP contribution in [-0.4, -0.2) is 32.6 Å². The number of carbonyl (C=O) groups is 1. The highest BCUT2D eigenvalue weighted by atomic mass is 32.2. The standard InChI is InChI=1S/C17H14F2N2O3S2/c1-20-17(22)15-16(25-14-6-3-9(18)7-12(14)19)11-5-4-10(26(2,23)24)8-13(11)21-15/h3-8,21H,1-2H3,(H,20,22). The van der Waals surface area contributed by atoms with Gasteiger partial charge in [-0.25, -0.2) is 17.2 Å². The monoisotopic (exact) mass is 396 g/mol. The van der Waals surface area contributed by atoms with Crippen molar-refractivity contribution >= 4 is 38.4 Å². The molecule has 26 heavy (non-hydrogen) atoms. The number of hydrogen-bond acceptors (Lipinski definition) is 4. The van der Waals surface area contributed by atoms with Gasteiger partial charge in [0.05, 0.1) is 9.79 Å². The van der Waals surface area contributed by atoms with Crippen molar-refractivity contribution in [3.05, 3.63) is 53.7 Å². The van der Waals surface area contributed by atoms with Crippen LogP contribution in [0.15, 0.2) is 51.1 Å². The van der Waals surface area contributed by atoms with Crippen LogP contribution in [0.4, 0.5) is 8.78 Å². The summed E-state index contributed by atoms with van der Waals surface area (Å²) in [5, 5.41) is 3.04. The van der Waals surface area contributed by atoms with Crippen LogP contribution in [-0.2, 0) is 9.84 Å². The minimum absolute atomic E-state index is 0.0965. The van der Waals surface area contributed by atoms with Crippen molar-refractivity contribution in [1.29, 1.82) is 0 Å². The van der Waals surface area contributed by atoms with Gasteiger partial charge in [0, 0.05) is 35.2 Å². The van der Waals surface area contributed by atoms with Gasteiger partial charge in [-0.2, -0.15) is 0 Å². The lowest BCUT2D eigenvalue weighted by molar-refractivity contribution is 0.0956. The van der Waals surface area contributed by atoms with Gasteiger partial charge in [-0.3, -0.25) is 4.79 Å². The number of rotatable bonds is 4. The topological polar surface area (TPSA) is 79.0 Å². The summed E-state index contributed by atoms with van der Waals surface area (Å²) in [4.78, 5) is 15.7. The Morgan fingerprint density at radius 3 is 2.50 bits per heavy atom. The second kappa shape index (κ2) is 6.73. The van der Waals surface area contributed by atoms with Crippen molar-refractivity contribution in [2.24, 2.45) is 0 Å². The fourth-order valence-electron chi connectivity index (χ4n) is 2.44. The lowest BCUT2D eigenvalue weighted by Gasteiger charge is -2.05. The third-order valence-electron chi connectivity index (χ3n) is 3.71. The number of carbonyl (C=O) groups excluding carboxylic acids is 1. The predicted octanol–water partition coefficient (Wildman–Crippen LogP) is 3.36. The minimum Gasteiger partial charge on any atom is -0.354 e. The van der Waals surface area contributed by atoms with E-state index in [1.165, 1.54) is 25.2 Å². The number of aromatic amines is 1. The molecule has 0 aliphatic carbocycles. The Hall–Kier alpha value is -2.39. The number of fused-ring (bicyclic) bond motifs is 1. The van der Waals surface area contributed by atoms with Gasteiger partial charge >= 0.3 is 0 Å². The number of hydrogen-bond donors (Lipinski definition) is 2. The van der Waals surface area contributed by atoms with E-state index >= 15 is 0 Å². The number of sulfone groups is 1. The van der Waals surface area contributed by atoms with Crippen molar-refractivity contribution in [3.8, 4) is 0 Å². The van der Waals surface area contributed by atoms with Crippen molar-refractivity contribution in [3.63, 3.8) is 0 Å². The number of H-pyrrole nitrogens is 1. The largest absolute Gasteiger partial charge is 0.354 e. The van der Waals surface area contributed by atoms with Crippen LogP contribution in [0.3, 0.4) is 0 Å². The average Bonchev–Trinajstić information content (AvgIpc) is 2.93. The molecule has 0 saturated carbocycles. The zero-order chi connectivity index (χ0) is 19.1. The zero-order valence-electron chi connectivity index (χ0n) is 13.8. The number of nitrogens with one attached hydrogen (secondary N) is 2. The summed E-state index contributed by atoms with van der Waals surface area (Å²) in [6.07, 6.45) is 1.08. The summed E-state index contributed by atoms with van der Waals surface area (Å²) >= 11 is 0.960. The first-order valence-electron chi connectivity index (χ1n) is 7.41. The molecule has 1 aromatic heterocycles. The van der Waals surface area contributed by atoms with Crippen molar-refractivity contribution in [2.75, 3.05) is 13.3 Å². The Morgan fingerprint density at radius 2 is 1.88 bits per heavy atom. The molecule has 136 valence electrons. The van der Waals surface area contributed by atoms with Gasteiger partial charge in [0.2, 0.25) is 0 Å². The highest BCUT2D eigenvalue weighted by Crippen LogP contribution is 2.38. The molecule has 0 radical (unpaired) electrons. The van der Waals surface area contributed by atoms with Gasteiger partial charge in [0.1, 0.15) is 17.3 Å². The fourth-order valence-corrected chi connectivity index (χ4v) is 4.13. The van der Waals surface area contributed by atoms with Gasteiger partial charge in [-0.15, -0.1) is 0 Å². The fraction of sp³-hybridized carbons (Fsp3) is 0.118. The van der Waals surface area contributed by atoms with E-state index < -0.39 is 27.4 Å². The van der Waals surface area contributed by atoms with Gasteiger partial charge in [-0.1, -0.05) is 17.8 Å². The molecule has 0 saturated heterocycles. The maximum atomic E-state index is 14.0. The van der Waals surface area contributed by atoms with E-state index in [0.29, 0.717) is 15.8 Å². The summed E-state index contributed by atoms with van der Waals surface area (Å²) < 4.78 is 50.6. The van der Waals surface area contributed by atoms with Crippen LogP contribution in [0.1, 0.15) is 10.5 Å². The molecule has 0 aliphatic rings. The van der Waals surface area contributed by atoms with E-state index in [0.717, 1.165) is 30.2 Å². The first-order chi connectivity index (χ1) is 12.2. The van der Waals surface area contributed by atoms with Crippen LogP contribution < -0.4 is 5.32 Å². The third-order valence-corrected chi connectivity index (χ3v) is 6.00. The Labute approximate surface area is 152 Å². The van der Waals surface area contributed by atoms with Crippen LogP contribution >= 0.6 is 11.8 Å². The summed E-state index contributed by atoms with van der Waals surface area (Å²) in [7, 11) is -1.98. The molecule has 0 aliphatic heterocycles. The number of aromatic nitrogens is 1. The van der Waals surface area contributed by atoms with E-state index in [4.69, 9.17) is 0 Å². The first kappa shape index (κ1) is 18.4. The van der Waals surface area contributed by atoms with E-state index in [-0.39, 0.29) is 15.5 Å². The molecule has 3 aromatic rings. The summed E-state index contributed by atoms with van der Waals surface area (Å²) in [6.45, 7) is 0. The van der Waals surface area contributed by atoms with E-state index in [1.54, 1.807) is 6.07 Å². The second-order valence-electron chi connectivity index (χ2n) is 5.56. The van der Waals surface area contributed by atoms with Crippen LogP contribution in [0, 0.1) is 11.6 Å². The SMILES string of the molecule is CNC(=O)c1[nH]c2cc(S(C)(=O)=O)ccc2c1Sc1ccc(F)cc1F. The number of benzene rings is 2. The molecular weight excluding hydrogens is 382 g/mol.